The number of benzene rings is 1. The molecule has 0 atom stereocenters. The van der Waals surface area contributed by atoms with Crippen LogP contribution in [0.15, 0.2) is 22.7 Å². The van der Waals surface area contributed by atoms with E-state index in [9.17, 15) is 4.39 Å². The van der Waals surface area contributed by atoms with Crippen molar-refractivity contribution in [3.05, 3.63) is 39.2 Å². The number of anilines is 1. The van der Waals surface area contributed by atoms with Gasteiger partial charge >= 0.3 is 0 Å². The maximum Gasteiger partial charge on any atom is 0.186 e. The lowest BCUT2D eigenvalue weighted by Crippen LogP contribution is -2.03. The van der Waals surface area contributed by atoms with Crippen molar-refractivity contribution in [2.75, 3.05) is 12.4 Å². The lowest BCUT2D eigenvalue weighted by molar-refractivity contribution is 0.607. The maximum absolute atomic E-state index is 13.6. The van der Waals surface area contributed by atoms with E-state index >= 15 is 0 Å². The van der Waals surface area contributed by atoms with Crippen LogP contribution in [0.1, 0.15) is 5.69 Å². The van der Waals surface area contributed by atoms with Gasteiger partial charge in [0.2, 0.25) is 0 Å². The zero-order chi connectivity index (χ0) is 13.3. The number of nitrogens with zero attached hydrogens (tertiary/aromatic N) is 2. The quantitative estimate of drug-likeness (QED) is 0.902. The summed E-state index contributed by atoms with van der Waals surface area (Å²) in [7, 11) is 1.61. The first kappa shape index (κ1) is 13.2. The fraction of sp³-hybridized carbons (Fsp3) is 0.167. The van der Waals surface area contributed by atoms with E-state index in [0.717, 1.165) is 10.0 Å². The molecule has 0 radical (unpaired) electrons. The second kappa shape index (κ2) is 5.20. The number of aromatic nitrogens is 2. The first-order chi connectivity index (χ1) is 8.52. The van der Waals surface area contributed by atoms with Crippen LogP contribution in [0, 0.1) is 12.7 Å². The molecule has 1 N–H and O–H groups in total. The topological polar surface area (TPSA) is 37.8 Å². The van der Waals surface area contributed by atoms with E-state index in [-0.39, 0.29) is 5.82 Å². The first-order valence-corrected chi connectivity index (χ1v) is 6.37. The van der Waals surface area contributed by atoms with Gasteiger partial charge in [-0.1, -0.05) is 11.6 Å². The van der Waals surface area contributed by atoms with E-state index in [4.69, 9.17) is 11.6 Å². The van der Waals surface area contributed by atoms with E-state index < -0.39 is 5.82 Å². The van der Waals surface area contributed by atoms with Crippen molar-refractivity contribution >= 4 is 33.3 Å². The Morgan fingerprint density at radius 3 is 2.67 bits per heavy atom. The Kier molecular flexibility index (Phi) is 3.82. The van der Waals surface area contributed by atoms with Crippen LogP contribution < -0.4 is 5.32 Å². The van der Waals surface area contributed by atoms with Crippen LogP contribution in [0.25, 0.3) is 11.4 Å². The van der Waals surface area contributed by atoms with Crippen molar-refractivity contribution in [3.63, 3.8) is 0 Å². The fourth-order valence-electron chi connectivity index (χ4n) is 1.49. The molecular weight excluding hydrogens is 321 g/mol. The fourth-order valence-corrected chi connectivity index (χ4v) is 1.92. The molecule has 0 amide bonds. The second-order valence-electron chi connectivity index (χ2n) is 3.67. The summed E-state index contributed by atoms with van der Waals surface area (Å²) in [6, 6.07) is 5.36. The van der Waals surface area contributed by atoms with Crippen molar-refractivity contribution in [2.45, 2.75) is 6.92 Å². The van der Waals surface area contributed by atoms with Gasteiger partial charge < -0.3 is 5.32 Å². The van der Waals surface area contributed by atoms with Gasteiger partial charge in [-0.3, -0.25) is 0 Å². The molecule has 0 fully saturated rings. The van der Waals surface area contributed by atoms with E-state index in [2.05, 4.69) is 31.2 Å². The Bertz CT molecular complexity index is 604. The van der Waals surface area contributed by atoms with E-state index in [1.54, 1.807) is 26.1 Å². The largest absolute Gasteiger partial charge is 0.371 e. The minimum absolute atomic E-state index is 0.177. The predicted molar refractivity (Wildman–Crippen MR) is 74.4 cm³/mol. The third kappa shape index (κ3) is 2.47. The van der Waals surface area contributed by atoms with E-state index in [1.807, 2.05) is 6.07 Å². The number of hydrogen-bond donors (Lipinski definition) is 1. The summed E-state index contributed by atoms with van der Waals surface area (Å²) in [4.78, 5) is 8.24. The summed E-state index contributed by atoms with van der Waals surface area (Å²) < 4.78 is 14.4. The van der Waals surface area contributed by atoms with Gasteiger partial charge in [-0.15, -0.1) is 0 Å². The highest BCUT2D eigenvalue weighted by Crippen LogP contribution is 2.28. The number of halogens is 3. The van der Waals surface area contributed by atoms with Crippen LogP contribution in [0.3, 0.4) is 0 Å². The van der Waals surface area contributed by atoms with E-state index in [0.29, 0.717) is 16.5 Å². The minimum Gasteiger partial charge on any atom is -0.371 e. The zero-order valence-corrected chi connectivity index (χ0v) is 12.1. The average Bonchev–Trinajstić information content (AvgIpc) is 2.36. The van der Waals surface area contributed by atoms with Crippen LogP contribution in [-0.4, -0.2) is 17.0 Å². The van der Waals surface area contributed by atoms with Crippen LogP contribution in [0.2, 0.25) is 5.02 Å². The molecule has 0 saturated carbocycles. The number of nitrogens with one attached hydrogen (secondary N) is 1. The van der Waals surface area contributed by atoms with Crippen LogP contribution in [0.5, 0.6) is 0 Å². The van der Waals surface area contributed by atoms with Crippen molar-refractivity contribution < 1.29 is 4.39 Å². The Balaban J connectivity index is 2.57. The zero-order valence-electron chi connectivity index (χ0n) is 9.76. The van der Waals surface area contributed by atoms with Gasteiger partial charge in [0.05, 0.1) is 10.7 Å². The van der Waals surface area contributed by atoms with Crippen molar-refractivity contribution in [1.29, 1.82) is 0 Å². The van der Waals surface area contributed by atoms with Crippen molar-refractivity contribution in [2.24, 2.45) is 0 Å². The molecule has 0 spiro atoms. The van der Waals surface area contributed by atoms with Gasteiger partial charge in [0, 0.05) is 17.1 Å². The molecule has 0 aliphatic rings. The molecule has 2 aromatic rings. The highest BCUT2D eigenvalue weighted by molar-refractivity contribution is 9.10. The molecule has 0 aliphatic carbocycles. The summed E-state index contributed by atoms with van der Waals surface area (Å²) >= 11 is 9.33. The summed E-state index contributed by atoms with van der Waals surface area (Å²) in [5, 5.41) is 3.26. The monoisotopic (exact) mass is 329 g/mol. The van der Waals surface area contributed by atoms with Gasteiger partial charge in [-0.05, 0) is 41.1 Å². The molecule has 2 rings (SSSR count). The molecule has 1 heterocycles. The number of rotatable bonds is 2. The second-order valence-corrected chi connectivity index (χ2v) is 4.94. The molecule has 94 valence electrons. The normalized spacial score (nSPS) is 10.5. The molecular formula is C12H10BrClFN3. The molecule has 0 aliphatic heterocycles. The molecule has 6 heteroatoms. The van der Waals surface area contributed by atoms with Gasteiger partial charge in [0.25, 0.3) is 0 Å². The average molecular weight is 331 g/mol. The van der Waals surface area contributed by atoms with Gasteiger partial charge in [0.15, 0.2) is 17.5 Å². The Labute approximate surface area is 118 Å². The Hall–Kier alpha value is -1.20. The standard InChI is InChI=1S/C12H10BrClFN3/c1-6-10(15)12(16-2)18-11(17-6)7-3-4-8(13)9(14)5-7/h3-5H,1-2H3,(H,16,17,18). The summed E-state index contributed by atoms with van der Waals surface area (Å²) in [5.41, 5.74) is 1.03. The molecule has 18 heavy (non-hydrogen) atoms. The number of aryl methyl sites for hydroxylation is 1. The highest BCUT2D eigenvalue weighted by atomic mass is 79.9. The van der Waals surface area contributed by atoms with Gasteiger partial charge in [0.1, 0.15) is 0 Å². The van der Waals surface area contributed by atoms with Crippen LogP contribution in [0.4, 0.5) is 10.2 Å². The number of hydrogen-bond acceptors (Lipinski definition) is 3. The lowest BCUT2D eigenvalue weighted by Gasteiger charge is -2.08. The van der Waals surface area contributed by atoms with Crippen molar-refractivity contribution in [3.8, 4) is 11.4 Å². The highest BCUT2D eigenvalue weighted by Gasteiger charge is 2.12. The molecule has 0 bridgehead atoms. The van der Waals surface area contributed by atoms with Crippen LogP contribution >= 0.6 is 27.5 Å². The van der Waals surface area contributed by atoms with E-state index in [1.165, 1.54) is 0 Å². The maximum atomic E-state index is 13.6. The SMILES string of the molecule is CNc1nc(-c2ccc(Br)c(Cl)c2)nc(C)c1F. The van der Waals surface area contributed by atoms with Crippen molar-refractivity contribution in [1.82, 2.24) is 9.97 Å². The smallest absolute Gasteiger partial charge is 0.186 e. The Morgan fingerprint density at radius 1 is 1.33 bits per heavy atom. The first-order valence-electron chi connectivity index (χ1n) is 5.20. The Morgan fingerprint density at radius 2 is 2.06 bits per heavy atom. The molecule has 1 aromatic heterocycles. The molecule has 0 unspecified atom stereocenters. The summed E-state index contributed by atoms with van der Waals surface area (Å²) in [6.07, 6.45) is 0. The third-order valence-electron chi connectivity index (χ3n) is 2.43. The summed E-state index contributed by atoms with van der Waals surface area (Å²) in [5.74, 6) is 0.175. The van der Waals surface area contributed by atoms with Gasteiger partial charge in [-0.2, -0.15) is 0 Å². The third-order valence-corrected chi connectivity index (χ3v) is 3.66. The molecule has 0 saturated heterocycles. The summed E-state index contributed by atoms with van der Waals surface area (Å²) in [6.45, 7) is 1.60. The molecule has 1 aromatic carbocycles. The minimum atomic E-state index is -0.440. The van der Waals surface area contributed by atoms with Crippen LogP contribution in [-0.2, 0) is 0 Å². The van der Waals surface area contributed by atoms with Gasteiger partial charge in [-0.25, -0.2) is 14.4 Å². The predicted octanol–water partition coefficient (Wildman–Crippen LogP) is 4.05. The molecule has 3 nitrogen and oxygen atoms in total. The lowest BCUT2D eigenvalue weighted by atomic mass is 10.2.